The number of sulfonamides is 1. The van der Waals surface area contributed by atoms with Crippen molar-refractivity contribution in [2.75, 3.05) is 0 Å². The molecule has 0 bridgehead atoms. The van der Waals surface area contributed by atoms with Gasteiger partial charge >= 0.3 is 0 Å². The number of fused-ring (bicyclic) bond motifs is 1. The maximum Gasteiger partial charge on any atom is 0.269 e. The summed E-state index contributed by atoms with van der Waals surface area (Å²) in [7, 11) is -3.89. The van der Waals surface area contributed by atoms with Crippen molar-refractivity contribution < 1.29 is 18.0 Å². The fourth-order valence-electron chi connectivity index (χ4n) is 2.66. The molecule has 1 aliphatic heterocycles. The molecule has 0 spiro atoms. The maximum absolute atomic E-state index is 12.5. The highest BCUT2D eigenvalue weighted by molar-refractivity contribution is 7.90. The summed E-state index contributed by atoms with van der Waals surface area (Å²) in [5.74, 6) is -0.867. The Kier molecular flexibility index (Phi) is 4.79. The predicted octanol–water partition coefficient (Wildman–Crippen LogP) is 2.16. The molecule has 0 aliphatic carbocycles. The largest absolute Gasteiger partial charge is 0.349 e. The van der Waals surface area contributed by atoms with E-state index in [0.29, 0.717) is 0 Å². The minimum absolute atomic E-state index is 0.0427. The number of hydrogen-bond acceptors (Lipinski definition) is 4. The van der Waals surface area contributed by atoms with Gasteiger partial charge in [-0.2, -0.15) is 0 Å². The van der Waals surface area contributed by atoms with Gasteiger partial charge in [0.2, 0.25) is 0 Å². The van der Waals surface area contributed by atoms with E-state index in [1.807, 2.05) is 13.8 Å². The quantitative estimate of drug-likeness (QED) is 0.892. The Bertz CT molecular complexity index is 736. The molecule has 2 rings (SSSR count). The Morgan fingerprint density at radius 3 is 2.35 bits per heavy atom. The van der Waals surface area contributed by atoms with Gasteiger partial charge in [0.05, 0.1) is 5.56 Å². The highest BCUT2D eigenvalue weighted by atomic mass is 32.2. The van der Waals surface area contributed by atoms with Crippen LogP contribution in [-0.4, -0.2) is 36.6 Å². The Morgan fingerprint density at radius 2 is 1.83 bits per heavy atom. The van der Waals surface area contributed by atoms with Crippen LogP contribution in [-0.2, 0) is 10.0 Å². The summed E-state index contributed by atoms with van der Waals surface area (Å²) in [5, 5.41) is 2.86. The first-order valence-electron chi connectivity index (χ1n) is 7.77. The van der Waals surface area contributed by atoms with Crippen LogP contribution in [0.5, 0.6) is 0 Å². The molecule has 0 radical (unpaired) electrons. The topological polar surface area (TPSA) is 83.6 Å². The lowest BCUT2D eigenvalue weighted by Gasteiger charge is -2.18. The van der Waals surface area contributed by atoms with E-state index >= 15 is 0 Å². The van der Waals surface area contributed by atoms with Gasteiger partial charge in [0.15, 0.2) is 0 Å². The van der Waals surface area contributed by atoms with Crippen LogP contribution in [0.15, 0.2) is 23.1 Å². The van der Waals surface area contributed by atoms with Crippen LogP contribution in [0.2, 0.25) is 0 Å². The van der Waals surface area contributed by atoms with Gasteiger partial charge in [0.25, 0.3) is 21.8 Å². The summed E-state index contributed by atoms with van der Waals surface area (Å²) in [4.78, 5) is 24.4. The summed E-state index contributed by atoms with van der Waals surface area (Å²) in [6, 6.07) is 3.78. The Morgan fingerprint density at radius 1 is 1.22 bits per heavy atom. The van der Waals surface area contributed by atoms with Crippen LogP contribution in [0.1, 0.15) is 61.3 Å². The van der Waals surface area contributed by atoms with E-state index in [1.54, 1.807) is 13.8 Å². The smallest absolute Gasteiger partial charge is 0.269 e. The van der Waals surface area contributed by atoms with E-state index in [0.717, 1.165) is 17.1 Å². The van der Waals surface area contributed by atoms with E-state index in [4.69, 9.17) is 0 Å². The van der Waals surface area contributed by atoms with Gasteiger partial charge in [-0.3, -0.25) is 9.59 Å². The Balaban J connectivity index is 2.41. The SMILES string of the molecule is CCC(CC)NC(=O)c1ccc2c(c1)S(=O)(=O)N(C(C)C)C2=O. The number of carbonyl (C=O) groups excluding carboxylic acids is 2. The summed E-state index contributed by atoms with van der Waals surface area (Å²) >= 11 is 0. The molecule has 1 aliphatic rings. The van der Waals surface area contributed by atoms with Crippen molar-refractivity contribution in [1.29, 1.82) is 0 Å². The fourth-order valence-corrected chi connectivity index (χ4v) is 4.45. The van der Waals surface area contributed by atoms with Gasteiger partial charge in [-0.15, -0.1) is 0 Å². The number of nitrogens with one attached hydrogen (secondary N) is 1. The van der Waals surface area contributed by atoms with E-state index in [2.05, 4.69) is 5.32 Å². The van der Waals surface area contributed by atoms with Gasteiger partial charge in [-0.05, 0) is 44.9 Å². The molecule has 6 nitrogen and oxygen atoms in total. The van der Waals surface area contributed by atoms with Gasteiger partial charge in [-0.1, -0.05) is 13.8 Å². The third kappa shape index (κ3) is 2.97. The lowest BCUT2D eigenvalue weighted by atomic mass is 10.1. The molecular weight excluding hydrogens is 316 g/mol. The molecule has 0 unspecified atom stereocenters. The molecule has 23 heavy (non-hydrogen) atoms. The van der Waals surface area contributed by atoms with Crippen molar-refractivity contribution in [2.45, 2.75) is 57.5 Å². The van der Waals surface area contributed by atoms with Crippen molar-refractivity contribution in [1.82, 2.24) is 9.62 Å². The standard InChI is InChI=1S/C16H22N2O4S/c1-5-12(6-2)17-15(19)11-7-8-13-14(9-11)23(21,22)18(10(3)4)16(13)20/h7-10,12H,5-6H2,1-4H3,(H,17,19). The number of benzene rings is 1. The molecule has 0 atom stereocenters. The minimum Gasteiger partial charge on any atom is -0.349 e. The number of nitrogens with zero attached hydrogens (tertiary/aromatic N) is 1. The monoisotopic (exact) mass is 338 g/mol. The second-order valence-corrected chi connectivity index (χ2v) is 7.68. The number of amides is 2. The zero-order valence-corrected chi connectivity index (χ0v) is 14.6. The van der Waals surface area contributed by atoms with Crippen molar-refractivity contribution in [3.05, 3.63) is 29.3 Å². The highest BCUT2D eigenvalue weighted by Crippen LogP contribution is 2.32. The summed E-state index contributed by atoms with van der Waals surface area (Å²) in [6.07, 6.45) is 1.59. The molecular formula is C16H22N2O4S. The Hall–Kier alpha value is -1.89. The molecule has 1 aromatic rings. The van der Waals surface area contributed by atoms with Crippen LogP contribution >= 0.6 is 0 Å². The van der Waals surface area contributed by atoms with Crippen LogP contribution in [0, 0.1) is 0 Å². The molecule has 0 saturated carbocycles. The van der Waals surface area contributed by atoms with E-state index < -0.39 is 22.0 Å². The first-order valence-corrected chi connectivity index (χ1v) is 9.21. The minimum atomic E-state index is -3.89. The number of hydrogen-bond donors (Lipinski definition) is 1. The van der Waals surface area contributed by atoms with Crippen LogP contribution in [0.25, 0.3) is 0 Å². The summed E-state index contributed by atoms with van der Waals surface area (Å²) in [6.45, 7) is 7.23. The Labute approximate surface area is 136 Å². The molecule has 0 aromatic heterocycles. The van der Waals surface area contributed by atoms with Gasteiger partial charge in [-0.25, -0.2) is 12.7 Å². The maximum atomic E-state index is 12.5. The van der Waals surface area contributed by atoms with Crippen molar-refractivity contribution in [3.8, 4) is 0 Å². The average molecular weight is 338 g/mol. The van der Waals surface area contributed by atoms with Crippen molar-refractivity contribution in [3.63, 3.8) is 0 Å². The number of carbonyl (C=O) groups is 2. The third-order valence-corrected chi connectivity index (χ3v) is 6.00. The highest BCUT2D eigenvalue weighted by Gasteiger charge is 2.42. The van der Waals surface area contributed by atoms with Gasteiger partial charge < -0.3 is 5.32 Å². The van der Waals surface area contributed by atoms with Crippen LogP contribution < -0.4 is 5.32 Å². The van der Waals surface area contributed by atoms with Crippen molar-refractivity contribution >= 4 is 21.8 Å². The normalized spacial score (nSPS) is 16.1. The third-order valence-electron chi connectivity index (χ3n) is 4.00. The second kappa shape index (κ2) is 6.31. The molecule has 1 N–H and O–H groups in total. The summed E-state index contributed by atoms with van der Waals surface area (Å²) in [5.41, 5.74) is 0.371. The fraction of sp³-hybridized carbons (Fsp3) is 0.500. The molecule has 7 heteroatoms. The number of rotatable bonds is 5. The van der Waals surface area contributed by atoms with Gasteiger partial charge in [0.1, 0.15) is 4.90 Å². The van der Waals surface area contributed by atoms with Crippen molar-refractivity contribution in [2.24, 2.45) is 0 Å². The lowest BCUT2D eigenvalue weighted by Crippen LogP contribution is -2.36. The molecule has 126 valence electrons. The van der Waals surface area contributed by atoms with E-state index in [1.165, 1.54) is 18.2 Å². The lowest BCUT2D eigenvalue weighted by molar-refractivity contribution is 0.0845. The first-order chi connectivity index (χ1) is 10.7. The van der Waals surface area contributed by atoms with Crippen LogP contribution in [0.3, 0.4) is 0 Å². The first kappa shape index (κ1) is 17.5. The van der Waals surface area contributed by atoms with Crippen LogP contribution in [0.4, 0.5) is 0 Å². The van der Waals surface area contributed by atoms with Gasteiger partial charge in [0, 0.05) is 17.6 Å². The molecule has 1 aromatic carbocycles. The molecule has 2 amide bonds. The molecule has 0 saturated heterocycles. The molecule has 1 heterocycles. The van der Waals surface area contributed by atoms with E-state index in [-0.39, 0.29) is 28.0 Å². The second-order valence-electron chi connectivity index (χ2n) is 5.90. The van der Waals surface area contributed by atoms with E-state index in [9.17, 15) is 18.0 Å². The summed E-state index contributed by atoms with van der Waals surface area (Å²) < 4.78 is 25.9. The predicted molar refractivity (Wildman–Crippen MR) is 86.8 cm³/mol. The zero-order chi connectivity index (χ0) is 17.4. The molecule has 0 fully saturated rings. The average Bonchev–Trinajstić information content (AvgIpc) is 2.70. The zero-order valence-electron chi connectivity index (χ0n) is 13.8.